The minimum absolute atomic E-state index is 0. The van der Waals surface area contributed by atoms with Crippen LogP contribution in [0.4, 0.5) is 11.5 Å². The number of aromatic nitrogens is 3. The van der Waals surface area contributed by atoms with Gasteiger partial charge in [0.2, 0.25) is 0 Å². The molecule has 3 heterocycles. The standard InChI is InChI=1S/C23H23N5S.ClH/c1-23(2,3)27-22-21(26-20-15-25-12-13-28(20)22)19-11-10-18(29-19)9-8-16-6-5-7-17(14-16)24-4;/h5-7,10-15,24,27H,1-4H3;1H. The number of rotatable bonds is 3. The molecule has 0 unspecified atom stereocenters. The van der Waals surface area contributed by atoms with Crippen LogP contribution in [-0.2, 0) is 0 Å². The van der Waals surface area contributed by atoms with Crippen LogP contribution in [0, 0.1) is 11.8 Å². The van der Waals surface area contributed by atoms with Gasteiger partial charge in [-0.1, -0.05) is 17.9 Å². The highest BCUT2D eigenvalue weighted by Crippen LogP contribution is 2.34. The molecule has 1 aromatic carbocycles. The van der Waals surface area contributed by atoms with Crippen molar-refractivity contribution < 1.29 is 0 Å². The van der Waals surface area contributed by atoms with Crippen molar-refractivity contribution >= 4 is 40.9 Å². The van der Waals surface area contributed by atoms with Crippen LogP contribution in [0.5, 0.6) is 0 Å². The van der Waals surface area contributed by atoms with Crippen molar-refractivity contribution in [2.45, 2.75) is 26.3 Å². The lowest BCUT2D eigenvalue weighted by molar-refractivity contribution is 0.629. The van der Waals surface area contributed by atoms with Gasteiger partial charge in [0.05, 0.1) is 16.0 Å². The molecule has 0 atom stereocenters. The highest BCUT2D eigenvalue weighted by atomic mass is 35.5. The van der Waals surface area contributed by atoms with Crippen LogP contribution in [0.3, 0.4) is 0 Å². The molecule has 0 bridgehead atoms. The number of fused-ring (bicyclic) bond motifs is 1. The molecule has 7 heteroatoms. The maximum Gasteiger partial charge on any atom is 0.157 e. The summed E-state index contributed by atoms with van der Waals surface area (Å²) in [5.74, 6) is 7.50. The van der Waals surface area contributed by atoms with Crippen molar-refractivity contribution in [2.24, 2.45) is 0 Å². The normalized spacial score (nSPS) is 10.8. The van der Waals surface area contributed by atoms with Crippen molar-refractivity contribution in [3.8, 4) is 22.4 Å². The maximum absolute atomic E-state index is 4.81. The van der Waals surface area contributed by atoms with Gasteiger partial charge in [0, 0.05) is 36.2 Å². The number of thiophene rings is 1. The number of halogens is 1. The zero-order valence-electron chi connectivity index (χ0n) is 17.4. The Morgan fingerprint density at radius 2 is 1.93 bits per heavy atom. The van der Waals surface area contributed by atoms with Gasteiger partial charge in [-0.3, -0.25) is 9.38 Å². The number of benzene rings is 1. The Morgan fingerprint density at radius 1 is 1.10 bits per heavy atom. The summed E-state index contributed by atoms with van der Waals surface area (Å²) in [7, 11) is 1.91. The Morgan fingerprint density at radius 3 is 2.70 bits per heavy atom. The van der Waals surface area contributed by atoms with E-state index < -0.39 is 0 Å². The van der Waals surface area contributed by atoms with Gasteiger partial charge in [0.15, 0.2) is 5.65 Å². The molecule has 0 aliphatic carbocycles. The van der Waals surface area contributed by atoms with Crippen LogP contribution < -0.4 is 10.6 Å². The molecule has 2 N–H and O–H groups in total. The first-order valence-corrected chi connectivity index (χ1v) is 10.2. The topological polar surface area (TPSA) is 54.2 Å². The van der Waals surface area contributed by atoms with E-state index in [1.54, 1.807) is 23.7 Å². The quantitative estimate of drug-likeness (QED) is 0.413. The van der Waals surface area contributed by atoms with Crippen molar-refractivity contribution in [3.63, 3.8) is 0 Å². The summed E-state index contributed by atoms with van der Waals surface area (Å²) >= 11 is 1.65. The Hall–Kier alpha value is -3.01. The van der Waals surface area contributed by atoms with E-state index in [-0.39, 0.29) is 17.9 Å². The lowest BCUT2D eigenvalue weighted by atomic mass is 10.1. The SMILES string of the molecule is CNc1cccc(C#Cc2ccc(-c3nc4cnccn4c3NC(C)(C)C)s2)c1.Cl. The predicted octanol–water partition coefficient (Wildman–Crippen LogP) is 5.53. The number of nitrogens with zero attached hydrogens (tertiary/aromatic N) is 3. The largest absolute Gasteiger partial charge is 0.388 e. The third-order valence-electron chi connectivity index (χ3n) is 4.24. The second kappa shape index (κ2) is 8.78. The molecule has 0 fully saturated rings. The smallest absolute Gasteiger partial charge is 0.157 e. The number of hydrogen-bond acceptors (Lipinski definition) is 5. The number of anilines is 2. The average Bonchev–Trinajstić information content (AvgIpc) is 3.30. The van der Waals surface area contributed by atoms with Crippen LogP contribution in [0.2, 0.25) is 0 Å². The number of hydrogen-bond donors (Lipinski definition) is 2. The molecular formula is C23H24ClN5S. The molecule has 0 aliphatic rings. The molecule has 0 saturated carbocycles. The van der Waals surface area contributed by atoms with E-state index in [0.717, 1.165) is 38.2 Å². The van der Waals surface area contributed by atoms with Crippen LogP contribution >= 0.6 is 23.7 Å². The maximum atomic E-state index is 4.81. The Bertz CT molecular complexity index is 1220. The summed E-state index contributed by atoms with van der Waals surface area (Å²) in [6, 6.07) is 12.2. The van der Waals surface area contributed by atoms with Crippen LogP contribution in [0.25, 0.3) is 16.2 Å². The first-order valence-electron chi connectivity index (χ1n) is 9.43. The van der Waals surface area contributed by atoms with Gasteiger partial charge in [-0.25, -0.2) is 4.98 Å². The van der Waals surface area contributed by atoms with E-state index in [4.69, 9.17) is 4.98 Å². The summed E-state index contributed by atoms with van der Waals surface area (Å²) in [6.45, 7) is 6.42. The average molecular weight is 438 g/mol. The van der Waals surface area contributed by atoms with Gasteiger partial charge in [-0.05, 0) is 51.1 Å². The fourth-order valence-electron chi connectivity index (χ4n) is 2.97. The zero-order valence-corrected chi connectivity index (χ0v) is 19.0. The van der Waals surface area contributed by atoms with E-state index in [0.29, 0.717) is 0 Å². The summed E-state index contributed by atoms with van der Waals surface area (Å²) in [5, 5.41) is 6.73. The number of nitrogens with one attached hydrogen (secondary N) is 2. The lowest BCUT2D eigenvalue weighted by Crippen LogP contribution is -2.27. The molecular weight excluding hydrogens is 414 g/mol. The molecule has 0 saturated heterocycles. The molecule has 154 valence electrons. The number of imidazole rings is 1. The highest BCUT2D eigenvalue weighted by Gasteiger charge is 2.20. The van der Waals surface area contributed by atoms with Crippen LogP contribution in [-0.4, -0.2) is 27.0 Å². The van der Waals surface area contributed by atoms with Gasteiger partial charge in [0.25, 0.3) is 0 Å². The summed E-state index contributed by atoms with van der Waals surface area (Å²) in [5.41, 5.74) is 3.69. The van der Waals surface area contributed by atoms with Crippen molar-refractivity contribution in [3.05, 3.63) is 65.4 Å². The molecule has 0 amide bonds. The third kappa shape index (κ3) is 4.76. The minimum Gasteiger partial charge on any atom is -0.388 e. The molecule has 30 heavy (non-hydrogen) atoms. The van der Waals surface area contributed by atoms with Crippen molar-refractivity contribution in [1.82, 2.24) is 14.4 Å². The monoisotopic (exact) mass is 437 g/mol. The molecule has 0 aliphatic heterocycles. The molecule has 0 radical (unpaired) electrons. The van der Waals surface area contributed by atoms with Crippen molar-refractivity contribution in [2.75, 3.05) is 17.7 Å². The summed E-state index contributed by atoms with van der Waals surface area (Å²) in [4.78, 5) is 11.1. The first-order chi connectivity index (χ1) is 13.9. The summed E-state index contributed by atoms with van der Waals surface area (Å²) < 4.78 is 2.04. The van der Waals surface area contributed by atoms with E-state index in [1.807, 2.05) is 41.9 Å². The van der Waals surface area contributed by atoms with Crippen molar-refractivity contribution in [1.29, 1.82) is 0 Å². The van der Waals surface area contributed by atoms with E-state index >= 15 is 0 Å². The van der Waals surface area contributed by atoms with Gasteiger partial charge in [0.1, 0.15) is 11.5 Å². The zero-order chi connectivity index (χ0) is 20.4. The molecule has 5 nitrogen and oxygen atoms in total. The predicted molar refractivity (Wildman–Crippen MR) is 129 cm³/mol. The second-order valence-electron chi connectivity index (χ2n) is 7.73. The fraction of sp³-hybridized carbons (Fsp3) is 0.217. The highest BCUT2D eigenvalue weighted by molar-refractivity contribution is 7.16. The Balaban J connectivity index is 0.00000256. The molecule has 4 rings (SSSR count). The van der Waals surface area contributed by atoms with Gasteiger partial charge < -0.3 is 10.6 Å². The van der Waals surface area contributed by atoms with Gasteiger partial charge in [-0.2, -0.15) is 0 Å². The minimum atomic E-state index is -0.0911. The fourth-order valence-corrected chi connectivity index (χ4v) is 3.82. The van der Waals surface area contributed by atoms with Crippen LogP contribution in [0.1, 0.15) is 31.2 Å². The summed E-state index contributed by atoms with van der Waals surface area (Å²) in [6.07, 6.45) is 5.49. The molecule has 4 aromatic rings. The lowest BCUT2D eigenvalue weighted by Gasteiger charge is -2.22. The first kappa shape index (κ1) is 21.7. The molecule has 0 spiro atoms. The van der Waals surface area contributed by atoms with Gasteiger partial charge >= 0.3 is 0 Å². The van der Waals surface area contributed by atoms with Gasteiger partial charge in [-0.15, -0.1) is 23.7 Å². The van der Waals surface area contributed by atoms with Crippen LogP contribution in [0.15, 0.2) is 55.0 Å². The van der Waals surface area contributed by atoms with E-state index in [9.17, 15) is 0 Å². The second-order valence-corrected chi connectivity index (χ2v) is 8.82. The Kier molecular flexibility index (Phi) is 6.35. The third-order valence-corrected chi connectivity index (χ3v) is 5.25. The Labute approximate surface area is 187 Å². The van der Waals surface area contributed by atoms with E-state index in [1.165, 1.54) is 0 Å². The van der Waals surface area contributed by atoms with E-state index in [2.05, 4.69) is 60.4 Å². The molecule has 3 aromatic heterocycles.